The normalized spacial score (nSPS) is 29.1. The number of rotatable bonds is 4. The Labute approximate surface area is 83.0 Å². The van der Waals surface area contributed by atoms with Crippen molar-refractivity contribution >= 4 is 11.8 Å². The second-order valence-electron chi connectivity index (χ2n) is 4.18. The molecule has 2 unspecified atom stereocenters. The lowest BCUT2D eigenvalue weighted by atomic mass is 9.87. The van der Waals surface area contributed by atoms with Gasteiger partial charge in [0.05, 0.1) is 12.5 Å². The third-order valence-electron chi connectivity index (χ3n) is 3.11. The van der Waals surface area contributed by atoms with E-state index in [0.717, 1.165) is 0 Å². The summed E-state index contributed by atoms with van der Waals surface area (Å²) in [6, 6.07) is 0. The average Bonchev–Trinajstić information content (AvgIpc) is 2.89. The molecule has 0 aromatic heterocycles. The van der Waals surface area contributed by atoms with Crippen molar-refractivity contribution in [2.24, 2.45) is 17.8 Å². The van der Waals surface area contributed by atoms with E-state index in [4.69, 9.17) is 4.74 Å². The van der Waals surface area contributed by atoms with E-state index in [2.05, 4.69) is 5.32 Å². The van der Waals surface area contributed by atoms with Crippen LogP contribution in [0.15, 0.2) is 0 Å². The van der Waals surface area contributed by atoms with Gasteiger partial charge in [-0.05, 0) is 24.7 Å². The summed E-state index contributed by atoms with van der Waals surface area (Å²) in [5.74, 6) is 0.448. The maximum atomic E-state index is 11.4. The van der Waals surface area contributed by atoms with E-state index in [1.165, 1.54) is 12.8 Å². The van der Waals surface area contributed by atoms with Crippen LogP contribution in [0.4, 0.5) is 0 Å². The summed E-state index contributed by atoms with van der Waals surface area (Å²) in [7, 11) is 1.64. The maximum absolute atomic E-state index is 11.4. The molecular weight excluding hydrogens is 182 g/mol. The van der Waals surface area contributed by atoms with Crippen molar-refractivity contribution in [3.63, 3.8) is 0 Å². The zero-order valence-electron chi connectivity index (χ0n) is 8.29. The molecule has 2 fully saturated rings. The minimum absolute atomic E-state index is 0.107. The van der Waals surface area contributed by atoms with Crippen LogP contribution in [0.2, 0.25) is 0 Å². The highest BCUT2D eigenvalue weighted by molar-refractivity contribution is 6.03. The van der Waals surface area contributed by atoms with Gasteiger partial charge >= 0.3 is 0 Å². The molecule has 2 atom stereocenters. The lowest BCUT2D eigenvalue weighted by Crippen LogP contribution is -2.29. The van der Waals surface area contributed by atoms with Crippen molar-refractivity contribution in [3.05, 3.63) is 0 Å². The van der Waals surface area contributed by atoms with Gasteiger partial charge in [-0.25, -0.2) is 0 Å². The third kappa shape index (κ3) is 1.80. The molecule has 78 valence electrons. The zero-order valence-corrected chi connectivity index (χ0v) is 8.29. The Morgan fingerprint density at radius 2 is 2.21 bits per heavy atom. The van der Waals surface area contributed by atoms with Crippen LogP contribution in [0.3, 0.4) is 0 Å². The summed E-state index contributed by atoms with van der Waals surface area (Å²) in [6.45, 7) is 0.593. The van der Waals surface area contributed by atoms with Gasteiger partial charge in [0.25, 0.3) is 0 Å². The number of nitrogens with one attached hydrogen (secondary N) is 1. The van der Waals surface area contributed by atoms with Crippen LogP contribution in [0.5, 0.6) is 0 Å². The van der Waals surface area contributed by atoms with Crippen molar-refractivity contribution in [3.8, 4) is 0 Å². The third-order valence-corrected chi connectivity index (χ3v) is 3.11. The molecule has 0 aromatic rings. The van der Waals surface area contributed by atoms with E-state index in [9.17, 15) is 9.59 Å². The molecule has 1 aliphatic heterocycles. The van der Waals surface area contributed by atoms with Gasteiger partial charge in [-0.15, -0.1) is 0 Å². The Bertz CT molecular complexity index is 260. The minimum Gasteiger partial charge on any atom is -0.384 e. The molecule has 2 rings (SSSR count). The minimum atomic E-state index is -0.144. The topological polar surface area (TPSA) is 55.4 Å². The molecule has 4 nitrogen and oxygen atoms in total. The smallest absolute Gasteiger partial charge is 0.230 e. The fourth-order valence-electron chi connectivity index (χ4n) is 2.22. The number of hydrogen-bond acceptors (Lipinski definition) is 3. The first-order chi connectivity index (χ1) is 6.72. The number of ether oxygens (including phenoxy) is 1. The van der Waals surface area contributed by atoms with Crippen molar-refractivity contribution in [2.45, 2.75) is 19.3 Å². The van der Waals surface area contributed by atoms with Crippen molar-refractivity contribution in [2.75, 3.05) is 13.7 Å². The number of amides is 2. The highest BCUT2D eigenvalue weighted by Gasteiger charge is 2.43. The van der Waals surface area contributed by atoms with Gasteiger partial charge in [-0.1, -0.05) is 0 Å². The van der Waals surface area contributed by atoms with Crippen molar-refractivity contribution < 1.29 is 14.3 Å². The Balaban J connectivity index is 2.02. The summed E-state index contributed by atoms with van der Waals surface area (Å²) < 4.78 is 5.11. The van der Waals surface area contributed by atoms with E-state index < -0.39 is 0 Å². The molecule has 14 heavy (non-hydrogen) atoms. The van der Waals surface area contributed by atoms with Crippen LogP contribution in [0.25, 0.3) is 0 Å². The fourth-order valence-corrected chi connectivity index (χ4v) is 2.22. The van der Waals surface area contributed by atoms with Crippen LogP contribution < -0.4 is 5.32 Å². The molecule has 1 N–H and O–H groups in total. The second-order valence-corrected chi connectivity index (χ2v) is 4.18. The second kappa shape index (κ2) is 3.69. The van der Waals surface area contributed by atoms with Crippen LogP contribution in [0.1, 0.15) is 19.3 Å². The van der Waals surface area contributed by atoms with Gasteiger partial charge in [-0.3, -0.25) is 14.9 Å². The molecule has 2 amide bonds. The molecule has 1 heterocycles. The zero-order chi connectivity index (χ0) is 10.1. The summed E-state index contributed by atoms with van der Waals surface area (Å²) in [5, 5.41) is 2.35. The van der Waals surface area contributed by atoms with Crippen LogP contribution in [0, 0.1) is 17.8 Å². The van der Waals surface area contributed by atoms with Gasteiger partial charge in [0.15, 0.2) is 0 Å². The average molecular weight is 197 g/mol. The first-order valence-corrected chi connectivity index (χ1v) is 5.05. The Kier molecular flexibility index (Phi) is 2.54. The van der Waals surface area contributed by atoms with Gasteiger partial charge in [-0.2, -0.15) is 0 Å². The van der Waals surface area contributed by atoms with Gasteiger partial charge in [0.2, 0.25) is 11.8 Å². The van der Waals surface area contributed by atoms with Gasteiger partial charge in [0, 0.05) is 13.5 Å². The van der Waals surface area contributed by atoms with E-state index in [0.29, 0.717) is 18.9 Å². The van der Waals surface area contributed by atoms with Gasteiger partial charge in [0.1, 0.15) is 0 Å². The molecule has 2 aliphatic rings. The number of carbonyl (C=O) groups excluding carboxylic acids is 2. The molecule has 1 aliphatic carbocycles. The van der Waals surface area contributed by atoms with Crippen molar-refractivity contribution in [1.82, 2.24) is 5.32 Å². The van der Waals surface area contributed by atoms with Crippen LogP contribution in [-0.4, -0.2) is 25.5 Å². The van der Waals surface area contributed by atoms with E-state index in [1.807, 2.05) is 0 Å². The molecule has 1 saturated carbocycles. The molecule has 0 radical (unpaired) electrons. The van der Waals surface area contributed by atoms with E-state index in [-0.39, 0.29) is 23.7 Å². The first kappa shape index (κ1) is 9.65. The summed E-state index contributed by atoms with van der Waals surface area (Å²) in [5.41, 5.74) is 0. The molecule has 0 aromatic carbocycles. The van der Waals surface area contributed by atoms with Crippen LogP contribution >= 0.6 is 0 Å². The molecule has 1 saturated heterocycles. The summed E-state index contributed by atoms with van der Waals surface area (Å²) >= 11 is 0. The Hall–Kier alpha value is -0.900. The summed E-state index contributed by atoms with van der Waals surface area (Å²) in [4.78, 5) is 22.5. The SMILES string of the molecule is COCC(C1CC1)C1CC(=O)NC1=O. The number of imide groups is 1. The first-order valence-electron chi connectivity index (χ1n) is 5.05. The molecular formula is C10H15NO3. The lowest BCUT2D eigenvalue weighted by Gasteiger charge is -2.19. The standard InChI is InChI=1S/C10H15NO3/c1-14-5-8(6-2-3-6)7-4-9(12)11-10(7)13/h6-8H,2-5H2,1H3,(H,11,12,13). The largest absolute Gasteiger partial charge is 0.384 e. The quantitative estimate of drug-likeness (QED) is 0.660. The number of carbonyl (C=O) groups is 2. The predicted octanol–water partition coefficient (Wildman–Crippen LogP) is 0.322. The van der Waals surface area contributed by atoms with Gasteiger partial charge < -0.3 is 4.74 Å². The highest BCUT2D eigenvalue weighted by Crippen LogP contribution is 2.42. The van der Waals surface area contributed by atoms with Crippen LogP contribution in [-0.2, 0) is 14.3 Å². The monoisotopic (exact) mass is 197 g/mol. The Morgan fingerprint density at radius 1 is 1.50 bits per heavy atom. The number of methoxy groups -OCH3 is 1. The molecule has 0 spiro atoms. The maximum Gasteiger partial charge on any atom is 0.230 e. The van der Waals surface area contributed by atoms with E-state index >= 15 is 0 Å². The van der Waals surface area contributed by atoms with E-state index in [1.54, 1.807) is 7.11 Å². The molecule has 4 heteroatoms. The molecule has 0 bridgehead atoms. The predicted molar refractivity (Wildman–Crippen MR) is 49.3 cm³/mol. The number of hydrogen-bond donors (Lipinski definition) is 1. The highest BCUT2D eigenvalue weighted by atomic mass is 16.5. The Morgan fingerprint density at radius 3 is 2.64 bits per heavy atom. The summed E-state index contributed by atoms with van der Waals surface area (Å²) in [6.07, 6.45) is 2.70. The fraction of sp³-hybridized carbons (Fsp3) is 0.800. The van der Waals surface area contributed by atoms with Crippen molar-refractivity contribution in [1.29, 1.82) is 0 Å². The lowest BCUT2D eigenvalue weighted by molar-refractivity contribution is -0.126.